The lowest BCUT2D eigenvalue weighted by Gasteiger charge is -2.39. The lowest BCUT2D eigenvalue weighted by molar-refractivity contribution is 0.0854. The molecule has 1 saturated heterocycles. The molecule has 6 rings (SSSR count). The number of aromatic hydroxyl groups is 1. The number of nitrogens with one attached hydrogen (secondary N) is 3. The van der Waals surface area contributed by atoms with Crippen molar-refractivity contribution in [3.05, 3.63) is 78.0 Å². The standard InChI is InChI=1S/C34H40FN9O3/c1-4-43-13-15-44(16-14-43)23(18-37-32(46)25-10-6-7-12-29(25)45)17-22-9-8-11-24-26(19-36-30(22)24)31-27(35)20-38-34(40-31)39-28-21-42(3)41-33(28)47-5-2/h6-12,19-21,23,36,45H,4-5,13-18H2,1-3H3,(H,37,46)(H,38,39,40)/t23-/m1/s1. The summed E-state index contributed by atoms with van der Waals surface area (Å²) in [7, 11) is 1.78. The molecule has 1 aliphatic heterocycles. The summed E-state index contributed by atoms with van der Waals surface area (Å²) in [6, 6.07) is 12.5. The van der Waals surface area contributed by atoms with E-state index in [2.05, 4.69) is 53.5 Å². The SMILES string of the molecule is CCOc1nn(C)cc1Nc1ncc(F)c(-c2c[nH]c3c(C[C@H](CNC(=O)c4ccccc4O)N4CCN(CC)CC4)cccc23)n1. The van der Waals surface area contributed by atoms with Crippen LogP contribution >= 0.6 is 0 Å². The third-order valence-electron chi connectivity index (χ3n) is 8.60. The molecule has 47 heavy (non-hydrogen) atoms. The van der Waals surface area contributed by atoms with Crippen LogP contribution in [0.1, 0.15) is 29.8 Å². The van der Waals surface area contributed by atoms with Crippen LogP contribution in [-0.2, 0) is 13.5 Å². The molecule has 1 amide bonds. The van der Waals surface area contributed by atoms with E-state index in [-0.39, 0.29) is 34.9 Å². The van der Waals surface area contributed by atoms with Gasteiger partial charge in [-0.3, -0.25) is 14.4 Å². The van der Waals surface area contributed by atoms with Gasteiger partial charge in [0.15, 0.2) is 5.82 Å². The van der Waals surface area contributed by atoms with Crippen LogP contribution in [0, 0.1) is 5.82 Å². The molecule has 1 fully saturated rings. The summed E-state index contributed by atoms with van der Waals surface area (Å²) in [5.41, 5.74) is 3.52. The van der Waals surface area contributed by atoms with E-state index in [4.69, 9.17) is 4.74 Å². The van der Waals surface area contributed by atoms with Gasteiger partial charge in [-0.2, -0.15) is 0 Å². The largest absolute Gasteiger partial charge is 0.507 e. The van der Waals surface area contributed by atoms with E-state index in [1.807, 2.05) is 19.1 Å². The normalized spacial score (nSPS) is 14.7. The van der Waals surface area contributed by atoms with Crippen molar-refractivity contribution in [1.29, 1.82) is 0 Å². The number of phenols is 1. The highest BCUT2D eigenvalue weighted by Gasteiger charge is 2.26. The number of hydrogen-bond acceptors (Lipinski definition) is 9. The van der Waals surface area contributed by atoms with Gasteiger partial charge in [-0.1, -0.05) is 37.3 Å². The topological polar surface area (TPSA) is 136 Å². The lowest BCUT2D eigenvalue weighted by atomic mass is 9.99. The lowest BCUT2D eigenvalue weighted by Crippen LogP contribution is -2.53. The Morgan fingerprint density at radius 1 is 1.13 bits per heavy atom. The first kappa shape index (κ1) is 32.0. The highest BCUT2D eigenvalue weighted by atomic mass is 19.1. The number of aryl methyl sites for hydroxylation is 1. The number of hydrogen-bond donors (Lipinski definition) is 4. The molecule has 246 valence electrons. The van der Waals surface area contributed by atoms with Crippen molar-refractivity contribution in [2.24, 2.45) is 7.05 Å². The average molecular weight is 642 g/mol. The number of carbonyl (C=O) groups is 1. The minimum Gasteiger partial charge on any atom is -0.507 e. The first-order chi connectivity index (χ1) is 22.8. The number of likely N-dealkylation sites (N-methyl/N-ethyl adjacent to an activating group) is 1. The summed E-state index contributed by atoms with van der Waals surface area (Å²) in [4.78, 5) is 29.9. The van der Waals surface area contributed by atoms with Crippen molar-refractivity contribution < 1.29 is 19.0 Å². The van der Waals surface area contributed by atoms with Gasteiger partial charge in [0.1, 0.15) is 17.1 Å². The molecule has 0 spiro atoms. The number of carbonyl (C=O) groups excluding carboxylic acids is 1. The van der Waals surface area contributed by atoms with Gasteiger partial charge in [-0.15, -0.1) is 5.10 Å². The molecule has 0 aliphatic carbocycles. The fourth-order valence-electron chi connectivity index (χ4n) is 6.12. The maximum atomic E-state index is 15.3. The Morgan fingerprint density at radius 3 is 2.70 bits per heavy atom. The van der Waals surface area contributed by atoms with Gasteiger partial charge < -0.3 is 30.4 Å². The first-order valence-electron chi connectivity index (χ1n) is 15.9. The van der Waals surface area contributed by atoms with Crippen molar-refractivity contribution >= 4 is 28.4 Å². The highest BCUT2D eigenvalue weighted by Crippen LogP contribution is 2.33. The number of ether oxygens (including phenoxy) is 1. The zero-order valence-electron chi connectivity index (χ0n) is 26.8. The smallest absolute Gasteiger partial charge is 0.256 e. The molecule has 0 radical (unpaired) electrons. The zero-order chi connectivity index (χ0) is 32.9. The van der Waals surface area contributed by atoms with E-state index < -0.39 is 5.82 Å². The summed E-state index contributed by atoms with van der Waals surface area (Å²) in [5, 5.41) is 21.5. The minimum absolute atomic E-state index is 0.00762. The summed E-state index contributed by atoms with van der Waals surface area (Å²) < 4.78 is 22.5. The van der Waals surface area contributed by atoms with E-state index >= 15 is 4.39 Å². The van der Waals surface area contributed by atoms with Crippen molar-refractivity contribution in [3.63, 3.8) is 0 Å². The predicted octanol–water partition coefficient (Wildman–Crippen LogP) is 4.32. The number of phenolic OH excluding ortho intramolecular Hbond substituents is 1. The molecule has 13 heteroatoms. The van der Waals surface area contributed by atoms with Gasteiger partial charge >= 0.3 is 0 Å². The van der Waals surface area contributed by atoms with Crippen LogP contribution in [0.15, 0.2) is 61.1 Å². The maximum Gasteiger partial charge on any atom is 0.256 e. The van der Waals surface area contributed by atoms with E-state index in [0.29, 0.717) is 36.7 Å². The number of aromatic amines is 1. The first-order valence-corrected chi connectivity index (χ1v) is 15.9. The van der Waals surface area contributed by atoms with E-state index in [0.717, 1.165) is 55.4 Å². The number of H-pyrrole nitrogens is 1. The molecular weight excluding hydrogens is 601 g/mol. The van der Waals surface area contributed by atoms with E-state index in [1.54, 1.807) is 42.3 Å². The molecule has 0 unspecified atom stereocenters. The molecule has 0 bridgehead atoms. The Kier molecular flexibility index (Phi) is 9.64. The second-order valence-corrected chi connectivity index (χ2v) is 11.6. The third kappa shape index (κ3) is 7.05. The molecule has 4 N–H and O–H groups in total. The number of halogens is 1. The fraction of sp³-hybridized carbons (Fsp3) is 0.353. The molecule has 3 aromatic heterocycles. The van der Waals surface area contributed by atoms with Gasteiger partial charge in [0.2, 0.25) is 5.95 Å². The summed E-state index contributed by atoms with van der Waals surface area (Å²) in [6.07, 6.45) is 5.32. The van der Waals surface area contributed by atoms with Gasteiger partial charge in [0.05, 0.1) is 24.6 Å². The number of amides is 1. The van der Waals surface area contributed by atoms with E-state index in [9.17, 15) is 9.90 Å². The Balaban J connectivity index is 1.27. The van der Waals surface area contributed by atoms with Crippen molar-refractivity contribution in [1.82, 2.24) is 39.8 Å². The molecular formula is C34H40FN9O3. The molecule has 1 atom stereocenters. The quantitative estimate of drug-likeness (QED) is 0.157. The van der Waals surface area contributed by atoms with Gasteiger partial charge in [0, 0.05) is 68.5 Å². The van der Waals surface area contributed by atoms with Gasteiger partial charge in [0.25, 0.3) is 11.8 Å². The Labute approximate surface area is 272 Å². The van der Waals surface area contributed by atoms with Crippen LogP contribution < -0.4 is 15.4 Å². The Morgan fingerprint density at radius 2 is 1.94 bits per heavy atom. The fourth-order valence-corrected chi connectivity index (χ4v) is 6.12. The Hall–Kier alpha value is -5.01. The van der Waals surface area contributed by atoms with Gasteiger partial charge in [-0.25, -0.2) is 14.4 Å². The van der Waals surface area contributed by atoms with E-state index in [1.165, 1.54) is 6.07 Å². The highest BCUT2D eigenvalue weighted by molar-refractivity contribution is 5.97. The number of benzene rings is 2. The van der Waals surface area contributed by atoms with Crippen LogP contribution in [0.5, 0.6) is 11.6 Å². The summed E-state index contributed by atoms with van der Waals surface area (Å²) in [5.74, 6) is -0.288. The monoisotopic (exact) mass is 641 g/mol. The van der Waals surface area contributed by atoms with Crippen molar-refractivity contribution in [2.75, 3.05) is 51.2 Å². The van der Waals surface area contributed by atoms with Crippen LogP contribution in [-0.4, -0.2) is 97.5 Å². The number of aromatic nitrogens is 5. The molecule has 1 aliphatic rings. The average Bonchev–Trinajstić information content (AvgIpc) is 3.67. The number of anilines is 2. The third-order valence-corrected chi connectivity index (χ3v) is 8.60. The molecule has 5 aromatic rings. The number of rotatable bonds is 12. The minimum atomic E-state index is -0.545. The molecule has 2 aromatic carbocycles. The second-order valence-electron chi connectivity index (χ2n) is 11.6. The number of piperazine rings is 1. The van der Waals surface area contributed by atoms with Crippen LogP contribution in [0.3, 0.4) is 0 Å². The Bertz CT molecular complexity index is 1850. The van der Waals surface area contributed by atoms with Gasteiger partial charge in [-0.05, 0) is 37.6 Å². The summed E-state index contributed by atoms with van der Waals surface area (Å²) >= 11 is 0. The van der Waals surface area contributed by atoms with Crippen LogP contribution in [0.25, 0.3) is 22.2 Å². The molecule has 12 nitrogen and oxygen atoms in total. The number of fused-ring (bicyclic) bond motifs is 1. The number of nitrogens with zero attached hydrogens (tertiary/aromatic N) is 6. The molecule has 4 heterocycles. The zero-order valence-corrected chi connectivity index (χ0v) is 26.8. The molecule has 0 saturated carbocycles. The number of para-hydroxylation sites is 2. The maximum absolute atomic E-state index is 15.3. The van der Waals surface area contributed by atoms with Crippen LogP contribution in [0.4, 0.5) is 16.0 Å². The van der Waals surface area contributed by atoms with Crippen molar-refractivity contribution in [3.8, 4) is 22.9 Å². The summed E-state index contributed by atoms with van der Waals surface area (Å²) in [6.45, 7) is 9.53. The van der Waals surface area contributed by atoms with Crippen molar-refractivity contribution in [2.45, 2.75) is 26.3 Å². The second kappa shape index (κ2) is 14.2. The van der Waals surface area contributed by atoms with Crippen LogP contribution in [0.2, 0.25) is 0 Å². The predicted molar refractivity (Wildman–Crippen MR) is 179 cm³/mol.